The molecular formula is C14H19BrN2O. The van der Waals surface area contributed by atoms with Gasteiger partial charge in [-0.2, -0.15) is 0 Å². The maximum absolute atomic E-state index is 11.6. The lowest BCUT2D eigenvalue weighted by atomic mass is 9.99. The average molecular weight is 311 g/mol. The van der Waals surface area contributed by atoms with Crippen molar-refractivity contribution in [2.45, 2.75) is 26.3 Å². The third-order valence-electron chi connectivity index (χ3n) is 3.51. The van der Waals surface area contributed by atoms with E-state index in [0.717, 1.165) is 30.5 Å². The first-order chi connectivity index (χ1) is 8.58. The minimum absolute atomic E-state index is 0.177. The van der Waals surface area contributed by atoms with Gasteiger partial charge in [0.05, 0.1) is 0 Å². The van der Waals surface area contributed by atoms with Crippen molar-refractivity contribution in [3.63, 3.8) is 0 Å². The van der Waals surface area contributed by atoms with Gasteiger partial charge in [-0.15, -0.1) is 0 Å². The Balaban J connectivity index is 2.13. The van der Waals surface area contributed by atoms with Crippen LogP contribution in [0.2, 0.25) is 0 Å². The molecule has 0 radical (unpaired) electrons. The number of nitrogens with zero attached hydrogens (tertiary/aromatic N) is 1. The Morgan fingerprint density at radius 3 is 3.00 bits per heavy atom. The highest BCUT2D eigenvalue weighted by Gasteiger charge is 2.24. The zero-order valence-electron chi connectivity index (χ0n) is 10.9. The summed E-state index contributed by atoms with van der Waals surface area (Å²) in [5.41, 5.74) is 2.59. The standard InChI is InChI=1S/C14H19BrN2O/c1-10-7-13(15)4-3-12(10)8-14-9-16-5-6-17(14)11(2)18/h3-4,7,14,16H,5-6,8-9H2,1-2H3. The molecule has 1 atom stereocenters. The van der Waals surface area contributed by atoms with Crippen LogP contribution in [0.25, 0.3) is 0 Å². The Morgan fingerprint density at radius 2 is 2.33 bits per heavy atom. The van der Waals surface area contributed by atoms with Crippen molar-refractivity contribution in [2.24, 2.45) is 0 Å². The van der Waals surface area contributed by atoms with Gasteiger partial charge in [-0.3, -0.25) is 4.79 Å². The summed E-state index contributed by atoms with van der Waals surface area (Å²) in [4.78, 5) is 13.6. The molecule has 1 unspecified atom stereocenters. The zero-order chi connectivity index (χ0) is 13.1. The Kier molecular flexibility index (Phi) is 4.40. The molecule has 4 heteroatoms. The summed E-state index contributed by atoms with van der Waals surface area (Å²) in [5, 5.41) is 3.37. The fourth-order valence-corrected chi connectivity index (χ4v) is 2.98. The van der Waals surface area contributed by atoms with Gasteiger partial charge in [0.1, 0.15) is 0 Å². The molecule has 0 aliphatic carbocycles. The maximum Gasteiger partial charge on any atom is 0.219 e. The summed E-state index contributed by atoms with van der Waals surface area (Å²) < 4.78 is 1.11. The monoisotopic (exact) mass is 310 g/mol. The molecule has 0 saturated carbocycles. The SMILES string of the molecule is CC(=O)N1CCNCC1Cc1ccc(Br)cc1C. The lowest BCUT2D eigenvalue weighted by Crippen LogP contribution is -2.53. The number of nitrogens with one attached hydrogen (secondary N) is 1. The van der Waals surface area contributed by atoms with E-state index in [9.17, 15) is 4.79 Å². The lowest BCUT2D eigenvalue weighted by molar-refractivity contribution is -0.131. The fourth-order valence-electron chi connectivity index (χ4n) is 2.50. The summed E-state index contributed by atoms with van der Waals surface area (Å²) in [6.45, 7) is 6.38. The van der Waals surface area contributed by atoms with E-state index in [-0.39, 0.29) is 11.9 Å². The summed E-state index contributed by atoms with van der Waals surface area (Å²) in [7, 11) is 0. The fraction of sp³-hybridized carbons (Fsp3) is 0.500. The quantitative estimate of drug-likeness (QED) is 0.907. The summed E-state index contributed by atoms with van der Waals surface area (Å²) in [5.74, 6) is 0.177. The van der Waals surface area contributed by atoms with Crippen LogP contribution in [0.1, 0.15) is 18.1 Å². The Labute approximate surface area is 117 Å². The van der Waals surface area contributed by atoms with Gasteiger partial charge in [0, 0.05) is 37.1 Å². The van der Waals surface area contributed by atoms with Crippen LogP contribution in [-0.4, -0.2) is 36.5 Å². The number of halogens is 1. The highest BCUT2D eigenvalue weighted by atomic mass is 79.9. The van der Waals surface area contributed by atoms with E-state index in [4.69, 9.17) is 0 Å². The molecule has 1 heterocycles. The van der Waals surface area contributed by atoms with Gasteiger partial charge in [-0.1, -0.05) is 22.0 Å². The molecule has 1 fully saturated rings. The molecular weight excluding hydrogens is 292 g/mol. The number of hydrogen-bond acceptors (Lipinski definition) is 2. The number of piperazine rings is 1. The van der Waals surface area contributed by atoms with Crippen LogP contribution < -0.4 is 5.32 Å². The molecule has 1 aliphatic heterocycles. The van der Waals surface area contributed by atoms with Crippen molar-refractivity contribution in [3.05, 3.63) is 33.8 Å². The molecule has 0 spiro atoms. The summed E-state index contributed by atoms with van der Waals surface area (Å²) in [6.07, 6.45) is 0.922. The van der Waals surface area contributed by atoms with Crippen molar-refractivity contribution >= 4 is 21.8 Å². The predicted octanol–water partition coefficient (Wildman–Crippen LogP) is 2.12. The van der Waals surface area contributed by atoms with Crippen LogP contribution >= 0.6 is 15.9 Å². The number of carbonyl (C=O) groups excluding carboxylic acids is 1. The molecule has 0 aromatic heterocycles. The van der Waals surface area contributed by atoms with Crippen molar-refractivity contribution in [1.29, 1.82) is 0 Å². The van der Waals surface area contributed by atoms with Crippen LogP contribution in [-0.2, 0) is 11.2 Å². The number of amides is 1. The number of rotatable bonds is 2. The van der Waals surface area contributed by atoms with Gasteiger partial charge >= 0.3 is 0 Å². The zero-order valence-corrected chi connectivity index (χ0v) is 12.5. The first-order valence-corrected chi connectivity index (χ1v) is 7.10. The van der Waals surface area contributed by atoms with Gasteiger partial charge < -0.3 is 10.2 Å². The number of hydrogen-bond donors (Lipinski definition) is 1. The van der Waals surface area contributed by atoms with Crippen molar-refractivity contribution in [2.75, 3.05) is 19.6 Å². The van der Waals surface area contributed by atoms with Crippen molar-refractivity contribution in [1.82, 2.24) is 10.2 Å². The maximum atomic E-state index is 11.6. The molecule has 3 nitrogen and oxygen atoms in total. The molecule has 98 valence electrons. The molecule has 1 aromatic rings. The lowest BCUT2D eigenvalue weighted by Gasteiger charge is -2.36. The minimum atomic E-state index is 0.177. The van der Waals surface area contributed by atoms with E-state index in [0.29, 0.717) is 0 Å². The second kappa shape index (κ2) is 5.85. The van der Waals surface area contributed by atoms with E-state index in [1.807, 2.05) is 4.90 Å². The van der Waals surface area contributed by atoms with E-state index in [1.165, 1.54) is 11.1 Å². The van der Waals surface area contributed by atoms with Crippen LogP contribution in [0.15, 0.2) is 22.7 Å². The van der Waals surface area contributed by atoms with Crippen molar-refractivity contribution in [3.8, 4) is 0 Å². The van der Waals surface area contributed by atoms with Gasteiger partial charge in [-0.25, -0.2) is 0 Å². The Morgan fingerprint density at radius 1 is 1.56 bits per heavy atom. The van der Waals surface area contributed by atoms with E-state index in [2.05, 4.69) is 46.4 Å². The second-order valence-electron chi connectivity index (χ2n) is 4.85. The van der Waals surface area contributed by atoms with E-state index in [1.54, 1.807) is 6.92 Å². The first kappa shape index (κ1) is 13.6. The predicted molar refractivity (Wildman–Crippen MR) is 76.6 cm³/mol. The van der Waals surface area contributed by atoms with Gasteiger partial charge in [-0.05, 0) is 36.6 Å². The van der Waals surface area contributed by atoms with Crippen molar-refractivity contribution < 1.29 is 4.79 Å². The molecule has 1 saturated heterocycles. The van der Waals surface area contributed by atoms with Crippen LogP contribution in [0.3, 0.4) is 0 Å². The minimum Gasteiger partial charge on any atom is -0.337 e. The normalized spacial score (nSPS) is 19.9. The number of aryl methyl sites for hydroxylation is 1. The third-order valence-corrected chi connectivity index (χ3v) is 4.01. The second-order valence-corrected chi connectivity index (χ2v) is 5.76. The average Bonchev–Trinajstić information content (AvgIpc) is 2.33. The molecule has 1 amide bonds. The highest BCUT2D eigenvalue weighted by molar-refractivity contribution is 9.10. The molecule has 0 bridgehead atoms. The number of carbonyl (C=O) groups is 1. The molecule has 2 rings (SSSR count). The number of benzene rings is 1. The largest absolute Gasteiger partial charge is 0.337 e. The highest BCUT2D eigenvalue weighted by Crippen LogP contribution is 2.19. The third kappa shape index (κ3) is 3.12. The molecule has 1 aromatic carbocycles. The van der Waals surface area contributed by atoms with Crippen LogP contribution in [0, 0.1) is 6.92 Å². The van der Waals surface area contributed by atoms with E-state index >= 15 is 0 Å². The molecule has 1 aliphatic rings. The summed E-state index contributed by atoms with van der Waals surface area (Å²) in [6, 6.07) is 6.61. The van der Waals surface area contributed by atoms with Crippen LogP contribution in [0.4, 0.5) is 0 Å². The van der Waals surface area contributed by atoms with Gasteiger partial charge in [0.2, 0.25) is 5.91 Å². The Bertz CT molecular complexity index is 447. The Hall–Kier alpha value is -0.870. The van der Waals surface area contributed by atoms with E-state index < -0.39 is 0 Å². The van der Waals surface area contributed by atoms with Gasteiger partial charge in [0.25, 0.3) is 0 Å². The van der Waals surface area contributed by atoms with Gasteiger partial charge in [0.15, 0.2) is 0 Å². The summed E-state index contributed by atoms with van der Waals surface area (Å²) >= 11 is 3.48. The topological polar surface area (TPSA) is 32.3 Å². The smallest absolute Gasteiger partial charge is 0.219 e. The van der Waals surface area contributed by atoms with Crippen LogP contribution in [0.5, 0.6) is 0 Å². The first-order valence-electron chi connectivity index (χ1n) is 6.31. The molecule has 18 heavy (non-hydrogen) atoms. The molecule has 1 N–H and O–H groups in total.